The zero-order valence-corrected chi connectivity index (χ0v) is 16.7. The van der Waals surface area contributed by atoms with Crippen LogP contribution in [0.1, 0.15) is 34.3 Å². The van der Waals surface area contributed by atoms with Gasteiger partial charge in [0.25, 0.3) is 5.91 Å². The number of benzene rings is 2. The summed E-state index contributed by atoms with van der Waals surface area (Å²) in [7, 11) is 2.14. The number of hydrogen-bond acceptors (Lipinski definition) is 5. The van der Waals surface area contributed by atoms with E-state index in [0.29, 0.717) is 13.1 Å². The SMILES string of the molecule is CN1CCC(N(Cc2ccccc2)C(=O)c2ccc(Cn3cnnn3)cc2)CC1. The first-order chi connectivity index (χ1) is 14.2. The van der Waals surface area contributed by atoms with E-state index in [0.717, 1.165) is 42.6 Å². The van der Waals surface area contributed by atoms with Crippen LogP contribution in [0.15, 0.2) is 60.9 Å². The highest BCUT2D eigenvalue weighted by Gasteiger charge is 2.27. The summed E-state index contributed by atoms with van der Waals surface area (Å²) in [6.07, 6.45) is 3.60. The average Bonchev–Trinajstić information content (AvgIpc) is 3.27. The third-order valence-corrected chi connectivity index (χ3v) is 5.52. The highest BCUT2D eigenvalue weighted by Crippen LogP contribution is 2.21. The summed E-state index contributed by atoms with van der Waals surface area (Å²) in [6.45, 7) is 3.27. The summed E-state index contributed by atoms with van der Waals surface area (Å²) in [5, 5.41) is 11.2. The number of rotatable bonds is 6. The van der Waals surface area contributed by atoms with E-state index in [4.69, 9.17) is 0 Å². The fourth-order valence-corrected chi connectivity index (χ4v) is 3.81. The molecule has 7 nitrogen and oxygen atoms in total. The van der Waals surface area contributed by atoms with Crippen molar-refractivity contribution in [1.82, 2.24) is 30.0 Å². The molecule has 4 rings (SSSR count). The van der Waals surface area contributed by atoms with Crippen molar-refractivity contribution in [3.8, 4) is 0 Å². The first kappa shape index (κ1) is 19.3. The topological polar surface area (TPSA) is 67.2 Å². The Morgan fingerprint density at radius 1 is 1.03 bits per heavy atom. The van der Waals surface area contributed by atoms with Gasteiger partial charge in [-0.3, -0.25) is 4.79 Å². The lowest BCUT2D eigenvalue weighted by Gasteiger charge is -2.37. The van der Waals surface area contributed by atoms with Crippen LogP contribution in [-0.2, 0) is 13.1 Å². The van der Waals surface area contributed by atoms with E-state index in [9.17, 15) is 4.79 Å². The molecule has 29 heavy (non-hydrogen) atoms. The van der Waals surface area contributed by atoms with Gasteiger partial charge in [-0.15, -0.1) is 5.10 Å². The molecule has 1 fully saturated rings. The second-order valence-electron chi connectivity index (χ2n) is 7.66. The third-order valence-electron chi connectivity index (χ3n) is 5.52. The van der Waals surface area contributed by atoms with Crippen LogP contribution in [0.5, 0.6) is 0 Å². The lowest BCUT2D eigenvalue weighted by Crippen LogP contribution is -2.46. The number of hydrogen-bond donors (Lipinski definition) is 0. The Morgan fingerprint density at radius 3 is 2.41 bits per heavy atom. The molecule has 1 aliphatic rings. The molecule has 1 saturated heterocycles. The van der Waals surface area contributed by atoms with E-state index >= 15 is 0 Å². The molecule has 0 N–H and O–H groups in total. The van der Waals surface area contributed by atoms with Crippen molar-refractivity contribution >= 4 is 5.91 Å². The molecule has 1 aromatic heterocycles. The lowest BCUT2D eigenvalue weighted by molar-refractivity contribution is 0.0569. The van der Waals surface area contributed by atoms with Gasteiger partial charge in [-0.05, 0) is 66.7 Å². The van der Waals surface area contributed by atoms with Gasteiger partial charge in [-0.25, -0.2) is 4.68 Å². The van der Waals surface area contributed by atoms with Crippen molar-refractivity contribution in [2.45, 2.75) is 32.0 Å². The number of tetrazole rings is 1. The van der Waals surface area contributed by atoms with Crippen molar-refractivity contribution in [3.05, 3.63) is 77.6 Å². The highest BCUT2D eigenvalue weighted by molar-refractivity contribution is 5.94. The summed E-state index contributed by atoms with van der Waals surface area (Å²) < 4.78 is 1.66. The number of carbonyl (C=O) groups is 1. The van der Waals surface area contributed by atoms with Gasteiger partial charge in [0.15, 0.2) is 0 Å². The number of piperidine rings is 1. The predicted molar refractivity (Wildman–Crippen MR) is 110 cm³/mol. The Labute approximate surface area is 170 Å². The van der Waals surface area contributed by atoms with Crippen LogP contribution < -0.4 is 0 Å². The number of likely N-dealkylation sites (tertiary alicyclic amines) is 1. The van der Waals surface area contributed by atoms with Crippen LogP contribution in [-0.4, -0.2) is 62.1 Å². The van der Waals surface area contributed by atoms with Gasteiger partial charge in [0.2, 0.25) is 0 Å². The van der Waals surface area contributed by atoms with E-state index in [2.05, 4.69) is 44.5 Å². The van der Waals surface area contributed by atoms with Crippen molar-refractivity contribution in [3.63, 3.8) is 0 Å². The molecule has 0 bridgehead atoms. The Hall–Kier alpha value is -3.06. The molecule has 150 valence electrons. The number of carbonyl (C=O) groups excluding carboxylic acids is 1. The van der Waals surface area contributed by atoms with E-state index in [1.807, 2.05) is 42.5 Å². The van der Waals surface area contributed by atoms with Crippen molar-refractivity contribution in [1.29, 1.82) is 0 Å². The highest BCUT2D eigenvalue weighted by atomic mass is 16.2. The van der Waals surface area contributed by atoms with Gasteiger partial charge >= 0.3 is 0 Å². The maximum Gasteiger partial charge on any atom is 0.254 e. The van der Waals surface area contributed by atoms with Crippen molar-refractivity contribution < 1.29 is 4.79 Å². The zero-order valence-electron chi connectivity index (χ0n) is 16.7. The van der Waals surface area contributed by atoms with Crippen LogP contribution in [0.4, 0.5) is 0 Å². The fourth-order valence-electron chi connectivity index (χ4n) is 3.81. The van der Waals surface area contributed by atoms with Gasteiger partial charge in [0, 0.05) is 18.2 Å². The smallest absolute Gasteiger partial charge is 0.254 e. The number of amides is 1. The second-order valence-corrected chi connectivity index (χ2v) is 7.66. The van der Waals surface area contributed by atoms with Crippen molar-refractivity contribution in [2.24, 2.45) is 0 Å². The molecule has 1 amide bonds. The zero-order chi connectivity index (χ0) is 20.1. The fraction of sp³-hybridized carbons (Fsp3) is 0.364. The number of nitrogens with zero attached hydrogens (tertiary/aromatic N) is 6. The van der Waals surface area contributed by atoms with Crippen LogP contribution in [0.3, 0.4) is 0 Å². The van der Waals surface area contributed by atoms with E-state index in [1.54, 1.807) is 11.0 Å². The van der Waals surface area contributed by atoms with Crippen LogP contribution in [0.25, 0.3) is 0 Å². The maximum absolute atomic E-state index is 13.4. The minimum atomic E-state index is 0.0948. The van der Waals surface area contributed by atoms with Gasteiger partial charge < -0.3 is 9.80 Å². The molecule has 0 atom stereocenters. The molecule has 0 saturated carbocycles. The van der Waals surface area contributed by atoms with Crippen LogP contribution >= 0.6 is 0 Å². The second kappa shape index (κ2) is 8.96. The monoisotopic (exact) mass is 390 g/mol. The molecule has 3 aromatic rings. The van der Waals surface area contributed by atoms with Crippen molar-refractivity contribution in [2.75, 3.05) is 20.1 Å². The largest absolute Gasteiger partial charge is 0.331 e. The number of aromatic nitrogens is 4. The minimum Gasteiger partial charge on any atom is -0.331 e. The quantitative estimate of drug-likeness (QED) is 0.647. The van der Waals surface area contributed by atoms with Gasteiger partial charge in [0.1, 0.15) is 6.33 Å². The summed E-state index contributed by atoms with van der Waals surface area (Å²) in [4.78, 5) is 17.8. The Morgan fingerprint density at radius 2 is 1.76 bits per heavy atom. The molecule has 1 aliphatic heterocycles. The summed E-state index contributed by atoms with van der Waals surface area (Å²) in [5.41, 5.74) is 2.94. The van der Waals surface area contributed by atoms with E-state index < -0.39 is 0 Å². The third kappa shape index (κ3) is 4.86. The summed E-state index contributed by atoms with van der Waals surface area (Å²) in [5.74, 6) is 0.0948. The molecule has 0 radical (unpaired) electrons. The van der Waals surface area contributed by atoms with Gasteiger partial charge in [0.05, 0.1) is 6.54 Å². The maximum atomic E-state index is 13.4. The van der Waals surface area contributed by atoms with Gasteiger partial charge in [-0.1, -0.05) is 42.5 Å². The van der Waals surface area contributed by atoms with E-state index in [-0.39, 0.29) is 11.9 Å². The molecule has 7 heteroatoms. The Balaban J connectivity index is 1.52. The minimum absolute atomic E-state index is 0.0948. The normalized spacial score (nSPS) is 15.3. The molecular formula is C22H26N6O. The molecule has 0 spiro atoms. The standard InChI is InChI=1S/C22H26N6O/c1-26-13-11-21(12-14-26)28(16-18-5-3-2-4-6-18)22(29)20-9-7-19(8-10-20)15-27-17-23-24-25-27/h2-10,17,21H,11-16H2,1H3. The van der Waals surface area contributed by atoms with Crippen LogP contribution in [0.2, 0.25) is 0 Å². The molecule has 2 heterocycles. The first-order valence-corrected chi connectivity index (χ1v) is 10.0. The molecule has 2 aromatic carbocycles. The lowest BCUT2D eigenvalue weighted by atomic mass is 10.0. The first-order valence-electron chi connectivity index (χ1n) is 10.0. The van der Waals surface area contributed by atoms with Gasteiger partial charge in [-0.2, -0.15) is 0 Å². The predicted octanol–water partition coefficient (Wildman–Crippen LogP) is 2.46. The van der Waals surface area contributed by atoms with Crippen LogP contribution in [0, 0.1) is 0 Å². The molecule has 0 unspecified atom stereocenters. The Bertz CT molecular complexity index is 902. The van der Waals surface area contributed by atoms with E-state index in [1.165, 1.54) is 0 Å². The molecular weight excluding hydrogens is 364 g/mol. The average molecular weight is 390 g/mol. The summed E-state index contributed by atoms with van der Waals surface area (Å²) >= 11 is 0. The molecule has 0 aliphatic carbocycles. The summed E-state index contributed by atoms with van der Waals surface area (Å²) in [6, 6.07) is 18.3. The Kier molecular flexibility index (Phi) is 5.95.